The molecule has 0 radical (unpaired) electrons. The Morgan fingerprint density at radius 3 is 1.50 bits per heavy atom. The van der Waals surface area contributed by atoms with Gasteiger partial charge in [0.1, 0.15) is 0 Å². The van der Waals surface area contributed by atoms with Gasteiger partial charge in [-0.15, -0.1) is 0 Å². The number of amidine groups is 2. The number of rotatable bonds is 2. The van der Waals surface area contributed by atoms with Crippen LogP contribution in [0.4, 0.5) is 17.3 Å². The fourth-order valence-electron chi connectivity index (χ4n) is 1.51. The molecule has 0 aromatic heterocycles. The van der Waals surface area contributed by atoms with E-state index in [2.05, 4.69) is 20.6 Å². The predicted octanol–water partition coefficient (Wildman–Crippen LogP) is -5.67. The van der Waals surface area contributed by atoms with Crippen molar-refractivity contribution < 1.29 is 46.8 Å². The van der Waals surface area contributed by atoms with Gasteiger partial charge in [0.05, 0.1) is 13.2 Å². The summed E-state index contributed by atoms with van der Waals surface area (Å²) in [4.78, 5) is 6.30. The molecule has 22 heavy (non-hydrogen) atoms. The van der Waals surface area contributed by atoms with Crippen molar-refractivity contribution in [2.24, 2.45) is 0 Å². The molecule has 2 aliphatic heterocycles. The van der Waals surface area contributed by atoms with Gasteiger partial charge in [-0.05, 0) is 13.8 Å². The van der Waals surface area contributed by atoms with Gasteiger partial charge in [-0.3, -0.25) is 0 Å². The lowest BCUT2D eigenvalue weighted by Gasteiger charge is -1.99. The summed E-state index contributed by atoms with van der Waals surface area (Å²) in [6.45, 7) is 5.19. The SMILES string of the molecule is CCOC1=[NH+]C2[NH+]=C(OCC)NC2N1.[O-]B(F)F.[O-]B(F)F. The lowest BCUT2D eigenvalue weighted by molar-refractivity contribution is -0.729. The molecule has 2 heterocycles. The van der Waals surface area contributed by atoms with Crippen molar-refractivity contribution in [3.05, 3.63) is 0 Å². The van der Waals surface area contributed by atoms with E-state index < -0.39 is 14.9 Å². The third-order valence-corrected chi connectivity index (χ3v) is 2.06. The van der Waals surface area contributed by atoms with Gasteiger partial charge < -0.3 is 36.8 Å². The van der Waals surface area contributed by atoms with E-state index in [0.29, 0.717) is 25.3 Å². The molecule has 0 unspecified atom stereocenters. The van der Waals surface area contributed by atoms with Gasteiger partial charge in [-0.2, -0.15) is 20.6 Å². The Kier molecular flexibility index (Phi) is 10.1. The van der Waals surface area contributed by atoms with E-state index in [1.165, 1.54) is 0 Å². The van der Waals surface area contributed by atoms with Gasteiger partial charge in [-0.25, -0.2) is 0 Å². The van der Waals surface area contributed by atoms with Crippen LogP contribution in [0.3, 0.4) is 0 Å². The molecule has 0 amide bonds. The molecule has 2 aliphatic rings. The molecule has 0 aromatic rings. The minimum atomic E-state index is -3.42. The summed E-state index contributed by atoms with van der Waals surface area (Å²) in [6, 6.07) is 1.41. The number of hydrogen-bond donors (Lipinski definition) is 4. The largest absolute Gasteiger partial charge is 0.824 e. The fourth-order valence-corrected chi connectivity index (χ4v) is 1.51. The average Bonchev–Trinajstić information content (AvgIpc) is 2.85. The van der Waals surface area contributed by atoms with Gasteiger partial charge >= 0.3 is 39.3 Å². The van der Waals surface area contributed by atoms with Crippen LogP contribution in [0, 0.1) is 0 Å². The molecule has 0 fully saturated rings. The van der Waals surface area contributed by atoms with E-state index in [1.54, 1.807) is 0 Å². The van der Waals surface area contributed by atoms with Crippen molar-refractivity contribution in [3.63, 3.8) is 0 Å². The summed E-state index contributed by atoms with van der Waals surface area (Å²) >= 11 is 0. The molecule has 4 N–H and O–H groups in total. The van der Waals surface area contributed by atoms with Gasteiger partial charge in [0.2, 0.25) is 0 Å². The highest BCUT2D eigenvalue weighted by molar-refractivity contribution is 6.30. The van der Waals surface area contributed by atoms with Crippen LogP contribution >= 0.6 is 0 Å². The monoisotopic (exact) mass is 330 g/mol. The second-order valence-corrected chi connectivity index (χ2v) is 3.58. The van der Waals surface area contributed by atoms with Gasteiger partial charge in [0, 0.05) is 0 Å². The molecule has 126 valence electrons. The zero-order chi connectivity index (χ0) is 17.1. The van der Waals surface area contributed by atoms with Crippen molar-refractivity contribution in [2.45, 2.75) is 26.2 Å². The maximum atomic E-state index is 9.78. The van der Waals surface area contributed by atoms with Crippen LogP contribution in [0.2, 0.25) is 0 Å². The maximum absolute atomic E-state index is 9.78. The van der Waals surface area contributed by atoms with Crippen molar-refractivity contribution in [1.82, 2.24) is 10.6 Å². The van der Waals surface area contributed by atoms with Crippen LogP contribution in [0.1, 0.15) is 13.8 Å². The lowest BCUT2D eigenvalue weighted by atomic mass is 10.4. The third-order valence-electron chi connectivity index (χ3n) is 2.06. The molecule has 0 spiro atoms. The number of nitrogens with one attached hydrogen (secondary N) is 4. The number of fused-ring (bicyclic) bond motifs is 1. The molecule has 0 aliphatic carbocycles. The molecule has 0 aromatic carbocycles. The summed E-state index contributed by atoms with van der Waals surface area (Å²) in [5.74, 6) is 0. The van der Waals surface area contributed by atoms with Crippen LogP contribution in [-0.4, -0.2) is 52.5 Å². The van der Waals surface area contributed by atoms with E-state index in [4.69, 9.17) is 19.5 Å². The second kappa shape index (κ2) is 11.0. The van der Waals surface area contributed by atoms with E-state index >= 15 is 0 Å². The summed E-state index contributed by atoms with van der Waals surface area (Å²) in [7, 11) is -6.83. The first kappa shape index (κ1) is 20.3. The minimum Gasteiger partial charge on any atom is -0.824 e. The molecule has 2 rings (SSSR count). The summed E-state index contributed by atoms with van der Waals surface area (Å²) in [5.41, 5.74) is 0. The molecule has 8 nitrogen and oxygen atoms in total. The highest BCUT2D eigenvalue weighted by Crippen LogP contribution is 1.88. The molecule has 0 bridgehead atoms. The van der Waals surface area contributed by atoms with E-state index in [-0.39, 0.29) is 12.3 Å². The molecule has 0 saturated carbocycles. The zero-order valence-corrected chi connectivity index (χ0v) is 11.9. The number of halogens is 4. The van der Waals surface area contributed by atoms with E-state index in [0.717, 1.165) is 0 Å². The minimum absolute atomic E-state index is 0.0955. The first-order valence-corrected chi connectivity index (χ1v) is 6.23. The zero-order valence-electron chi connectivity index (χ0n) is 11.9. The number of ether oxygens (including phenoxy) is 2. The standard InChI is InChI=1S/C8H14N4O2.2BF2O/c1-3-13-7-9-5-6(10-7)12-8(11-5)14-4-2;2*2-1(3)4/h5-6H,3-4H2,1-2H3,(H,9,10)(H,11,12);;/q;2*-1/p+2. The molecule has 0 saturated heterocycles. The first-order chi connectivity index (χ1) is 10.3. The quantitative estimate of drug-likeness (QED) is 0.296. The molecular formula is C8H16B2F4N4O4. The Labute approximate surface area is 125 Å². The Hall–Kier alpha value is -1.69. The van der Waals surface area contributed by atoms with Crippen LogP contribution in [0.5, 0.6) is 0 Å². The molecule has 0 atom stereocenters. The molecular weight excluding hydrogens is 314 g/mol. The van der Waals surface area contributed by atoms with Crippen molar-refractivity contribution in [1.29, 1.82) is 0 Å². The van der Waals surface area contributed by atoms with Crippen LogP contribution in [-0.2, 0) is 9.47 Å². The Morgan fingerprint density at radius 2 is 1.27 bits per heavy atom. The van der Waals surface area contributed by atoms with Crippen LogP contribution < -0.4 is 30.7 Å². The Bertz CT molecular complexity index is 341. The fraction of sp³-hybridized carbons (Fsp3) is 0.750. The normalized spacial score (nSPS) is 20.5. The van der Waals surface area contributed by atoms with E-state index in [1.807, 2.05) is 13.8 Å². The Balaban J connectivity index is 0.000000464. The average molecular weight is 330 g/mol. The highest BCUT2D eigenvalue weighted by atomic mass is 19.2. The smallest absolute Gasteiger partial charge is 0.449 e. The summed E-state index contributed by atoms with van der Waals surface area (Å²) < 4.78 is 49.7. The van der Waals surface area contributed by atoms with Crippen molar-refractivity contribution >= 4 is 27.0 Å². The Morgan fingerprint density at radius 1 is 0.955 bits per heavy atom. The molecule has 14 heteroatoms. The van der Waals surface area contributed by atoms with Crippen LogP contribution in [0.25, 0.3) is 0 Å². The second-order valence-electron chi connectivity index (χ2n) is 3.58. The number of hydrogen-bond acceptors (Lipinski definition) is 6. The topological polar surface area (TPSA) is 117 Å². The van der Waals surface area contributed by atoms with Gasteiger partial charge in [0.15, 0.2) is 0 Å². The summed E-state index contributed by atoms with van der Waals surface area (Å²) in [6.07, 6.45) is 0.191. The highest BCUT2D eigenvalue weighted by Gasteiger charge is 2.47. The van der Waals surface area contributed by atoms with E-state index in [9.17, 15) is 17.3 Å². The van der Waals surface area contributed by atoms with Gasteiger partial charge in [0.25, 0.3) is 0 Å². The summed E-state index contributed by atoms with van der Waals surface area (Å²) in [5, 5.41) is 22.7. The third kappa shape index (κ3) is 9.28. The first-order valence-electron chi connectivity index (χ1n) is 6.23. The van der Waals surface area contributed by atoms with Crippen molar-refractivity contribution in [3.8, 4) is 0 Å². The van der Waals surface area contributed by atoms with Gasteiger partial charge in [-0.1, -0.05) is 0 Å². The van der Waals surface area contributed by atoms with Crippen molar-refractivity contribution in [2.75, 3.05) is 13.2 Å². The lowest BCUT2D eigenvalue weighted by Crippen LogP contribution is -2.99. The predicted molar refractivity (Wildman–Crippen MR) is 65.0 cm³/mol. The maximum Gasteiger partial charge on any atom is 0.449 e. The van der Waals surface area contributed by atoms with Crippen LogP contribution in [0.15, 0.2) is 0 Å².